The lowest BCUT2D eigenvalue weighted by molar-refractivity contribution is 0.141. The number of hydrogen-bond acceptors (Lipinski definition) is 4. The van der Waals surface area contributed by atoms with Crippen LogP contribution in [0.3, 0.4) is 0 Å². The molecule has 120 valence electrons. The van der Waals surface area contributed by atoms with E-state index in [0.717, 1.165) is 5.56 Å². The van der Waals surface area contributed by atoms with Crippen LogP contribution in [0.5, 0.6) is 0 Å². The van der Waals surface area contributed by atoms with E-state index in [2.05, 4.69) is 27.2 Å². The lowest BCUT2D eigenvalue weighted by Gasteiger charge is -2.04. The number of imidazole rings is 1. The minimum Gasteiger partial charge on any atom is -0.445 e. The molecule has 0 saturated carbocycles. The van der Waals surface area contributed by atoms with Gasteiger partial charge in [-0.2, -0.15) is 5.10 Å². The lowest BCUT2D eigenvalue weighted by atomic mass is 10.2. The number of aromatic nitrogens is 3. The number of nitrogens with one attached hydrogen (secondary N) is 1. The van der Waals surface area contributed by atoms with E-state index in [1.54, 1.807) is 22.8 Å². The average molecular weight is 341 g/mol. The Hall–Kier alpha value is -3.04. The molecule has 0 unspecified atom stereocenters. The zero-order valence-electron chi connectivity index (χ0n) is 12.6. The van der Waals surface area contributed by atoms with Crippen molar-refractivity contribution in [2.75, 3.05) is 6.54 Å². The fourth-order valence-corrected chi connectivity index (χ4v) is 2.10. The number of halogens is 1. The molecule has 24 heavy (non-hydrogen) atoms. The van der Waals surface area contributed by atoms with Gasteiger partial charge in [-0.15, -0.1) is 0 Å². The number of nitrogens with zero attached hydrogens (tertiary/aromatic N) is 3. The SMILES string of the molecule is O=C(NCC#Cc1cnc2ccc(Cl)nn12)OCc1ccccc1. The van der Waals surface area contributed by atoms with Gasteiger partial charge in [0, 0.05) is 0 Å². The standard InChI is InChI=1S/C17H13ClN4O2/c18-15-8-9-16-20-11-14(22(16)21-15)7-4-10-19-17(23)24-12-13-5-2-1-3-6-13/h1-3,5-6,8-9,11H,10,12H2,(H,19,23). The van der Waals surface area contributed by atoms with Gasteiger partial charge >= 0.3 is 6.09 Å². The number of carbonyl (C=O) groups excluding carboxylic acids is 1. The van der Waals surface area contributed by atoms with Crippen LogP contribution < -0.4 is 5.32 Å². The Bertz CT molecular complexity index is 912. The molecule has 0 aliphatic heterocycles. The van der Waals surface area contributed by atoms with Crippen molar-refractivity contribution in [3.05, 3.63) is 65.1 Å². The first kappa shape index (κ1) is 15.8. The zero-order valence-corrected chi connectivity index (χ0v) is 13.3. The summed E-state index contributed by atoms with van der Waals surface area (Å²) in [7, 11) is 0. The first-order valence-electron chi connectivity index (χ1n) is 7.16. The van der Waals surface area contributed by atoms with Crippen LogP contribution >= 0.6 is 11.6 Å². The molecule has 0 saturated heterocycles. The third-order valence-corrected chi connectivity index (χ3v) is 3.28. The van der Waals surface area contributed by atoms with Crippen molar-refractivity contribution in [1.82, 2.24) is 19.9 Å². The van der Waals surface area contributed by atoms with Crippen LogP contribution in [-0.2, 0) is 11.3 Å². The molecular weight excluding hydrogens is 328 g/mol. The summed E-state index contributed by atoms with van der Waals surface area (Å²) < 4.78 is 6.63. The van der Waals surface area contributed by atoms with E-state index in [9.17, 15) is 4.79 Å². The maximum absolute atomic E-state index is 11.6. The van der Waals surface area contributed by atoms with E-state index in [0.29, 0.717) is 16.5 Å². The van der Waals surface area contributed by atoms with Gasteiger partial charge in [0.1, 0.15) is 17.5 Å². The highest BCUT2D eigenvalue weighted by molar-refractivity contribution is 6.29. The molecule has 6 nitrogen and oxygen atoms in total. The van der Waals surface area contributed by atoms with Crippen LogP contribution in [0.1, 0.15) is 11.3 Å². The van der Waals surface area contributed by atoms with E-state index in [4.69, 9.17) is 16.3 Å². The first-order valence-corrected chi connectivity index (χ1v) is 7.54. The van der Waals surface area contributed by atoms with Crippen molar-refractivity contribution >= 4 is 23.3 Å². The Morgan fingerprint density at radius 3 is 2.92 bits per heavy atom. The Balaban J connectivity index is 1.52. The number of amides is 1. The summed E-state index contributed by atoms with van der Waals surface area (Å²) in [6, 6.07) is 12.9. The molecule has 2 aromatic heterocycles. The third kappa shape index (κ3) is 4.03. The summed E-state index contributed by atoms with van der Waals surface area (Å²) in [5.41, 5.74) is 2.17. The maximum atomic E-state index is 11.6. The quantitative estimate of drug-likeness (QED) is 0.744. The molecule has 0 aliphatic carbocycles. The Kier molecular flexibility index (Phi) is 4.94. The lowest BCUT2D eigenvalue weighted by Crippen LogP contribution is -2.24. The highest BCUT2D eigenvalue weighted by Crippen LogP contribution is 2.08. The molecule has 1 amide bonds. The maximum Gasteiger partial charge on any atom is 0.408 e. The molecule has 3 rings (SSSR count). The molecule has 7 heteroatoms. The molecule has 1 N–H and O–H groups in total. The van der Waals surface area contributed by atoms with Gasteiger partial charge in [0.25, 0.3) is 0 Å². The van der Waals surface area contributed by atoms with Crippen LogP contribution in [-0.4, -0.2) is 27.2 Å². The smallest absolute Gasteiger partial charge is 0.408 e. The van der Waals surface area contributed by atoms with Crippen molar-refractivity contribution in [3.8, 4) is 11.8 Å². The van der Waals surface area contributed by atoms with E-state index in [1.165, 1.54) is 0 Å². The van der Waals surface area contributed by atoms with Crippen molar-refractivity contribution in [2.45, 2.75) is 6.61 Å². The molecule has 0 aliphatic rings. The van der Waals surface area contributed by atoms with Crippen LogP contribution in [0.25, 0.3) is 5.65 Å². The van der Waals surface area contributed by atoms with Gasteiger partial charge in [0.05, 0.1) is 12.7 Å². The predicted molar refractivity (Wildman–Crippen MR) is 89.5 cm³/mol. The second kappa shape index (κ2) is 7.49. The Morgan fingerprint density at radius 2 is 2.08 bits per heavy atom. The molecule has 0 bridgehead atoms. The van der Waals surface area contributed by atoms with E-state index in [-0.39, 0.29) is 13.2 Å². The summed E-state index contributed by atoms with van der Waals surface area (Å²) in [6.45, 7) is 0.372. The predicted octanol–water partition coefficient (Wildman–Crippen LogP) is 2.66. The van der Waals surface area contributed by atoms with Gasteiger partial charge in [-0.1, -0.05) is 47.9 Å². The number of fused-ring (bicyclic) bond motifs is 1. The van der Waals surface area contributed by atoms with Crippen molar-refractivity contribution in [2.24, 2.45) is 0 Å². The van der Waals surface area contributed by atoms with Crippen molar-refractivity contribution in [1.29, 1.82) is 0 Å². The summed E-state index contributed by atoms with van der Waals surface area (Å²) >= 11 is 5.85. The highest BCUT2D eigenvalue weighted by Gasteiger charge is 2.03. The third-order valence-electron chi connectivity index (χ3n) is 3.08. The van der Waals surface area contributed by atoms with Crippen LogP contribution in [0.15, 0.2) is 48.7 Å². The second-order valence-electron chi connectivity index (χ2n) is 4.79. The fraction of sp³-hybridized carbons (Fsp3) is 0.118. The van der Waals surface area contributed by atoms with Gasteiger partial charge in [-0.25, -0.2) is 14.3 Å². The van der Waals surface area contributed by atoms with E-state index < -0.39 is 6.09 Å². The second-order valence-corrected chi connectivity index (χ2v) is 5.17. The molecular formula is C17H13ClN4O2. The zero-order chi connectivity index (χ0) is 16.8. The summed E-state index contributed by atoms with van der Waals surface area (Å²) in [4.78, 5) is 15.8. The van der Waals surface area contributed by atoms with E-state index >= 15 is 0 Å². The van der Waals surface area contributed by atoms with Crippen molar-refractivity contribution in [3.63, 3.8) is 0 Å². The Morgan fingerprint density at radius 1 is 1.25 bits per heavy atom. The highest BCUT2D eigenvalue weighted by atomic mass is 35.5. The molecule has 0 fully saturated rings. The summed E-state index contributed by atoms with van der Waals surface area (Å²) in [5.74, 6) is 5.71. The van der Waals surface area contributed by atoms with Gasteiger partial charge in [-0.05, 0) is 23.6 Å². The topological polar surface area (TPSA) is 68.5 Å². The fourth-order valence-electron chi connectivity index (χ4n) is 1.96. The van der Waals surface area contributed by atoms with Crippen LogP contribution in [0.4, 0.5) is 4.79 Å². The molecule has 0 atom stereocenters. The molecule has 0 spiro atoms. The first-order chi connectivity index (χ1) is 11.7. The minimum absolute atomic E-state index is 0.154. The van der Waals surface area contributed by atoms with Crippen LogP contribution in [0.2, 0.25) is 5.15 Å². The van der Waals surface area contributed by atoms with Crippen molar-refractivity contribution < 1.29 is 9.53 Å². The minimum atomic E-state index is -0.521. The normalized spacial score (nSPS) is 10.0. The Labute approximate surface area is 143 Å². The summed E-state index contributed by atoms with van der Waals surface area (Å²) in [6.07, 6.45) is 1.08. The number of carbonyl (C=O) groups is 1. The molecule has 2 heterocycles. The summed E-state index contributed by atoms with van der Waals surface area (Å²) in [5, 5.41) is 7.03. The number of hydrogen-bond donors (Lipinski definition) is 1. The monoisotopic (exact) mass is 340 g/mol. The van der Waals surface area contributed by atoms with Gasteiger partial charge in [-0.3, -0.25) is 0 Å². The largest absolute Gasteiger partial charge is 0.445 e. The molecule has 3 aromatic rings. The number of rotatable bonds is 3. The van der Waals surface area contributed by atoms with Crippen LogP contribution in [0, 0.1) is 11.8 Å². The number of alkyl carbamates (subject to hydrolysis) is 1. The number of ether oxygens (including phenoxy) is 1. The van der Waals surface area contributed by atoms with E-state index in [1.807, 2.05) is 30.3 Å². The molecule has 0 radical (unpaired) electrons. The average Bonchev–Trinajstić information content (AvgIpc) is 3.00. The van der Waals surface area contributed by atoms with Gasteiger partial charge < -0.3 is 10.1 Å². The molecule has 1 aromatic carbocycles. The van der Waals surface area contributed by atoms with Gasteiger partial charge in [0.15, 0.2) is 5.65 Å². The van der Waals surface area contributed by atoms with Gasteiger partial charge in [0.2, 0.25) is 0 Å². The number of benzene rings is 1.